The van der Waals surface area contributed by atoms with Gasteiger partial charge in [-0.05, 0) is 24.3 Å². The summed E-state index contributed by atoms with van der Waals surface area (Å²) in [7, 11) is 0. The van der Waals surface area contributed by atoms with Gasteiger partial charge < -0.3 is 9.90 Å². The van der Waals surface area contributed by atoms with E-state index in [9.17, 15) is 9.90 Å². The molecule has 0 aromatic rings. The van der Waals surface area contributed by atoms with Gasteiger partial charge in [0.2, 0.25) is 0 Å². The van der Waals surface area contributed by atoms with E-state index < -0.39 is 5.97 Å². The number of hydrogen-bond donors (Lipinski definition) is 0. The van der Waals surface area contributed by atoms with Crippen molar-refractivity contribution in [2.75, 3.05) is 0 Å². The molecule has 64 valence electrons. The second kappa shape index (κ2) is 4.94. The predicted molar refractivity (Wildman–Crippen MR) is 42.8 cm³/mol. The largest absolute Gasteiger partial charge is 0.545 e. The number of carboxylic acids is 1. The summed E-state index contributed by atoms with van der Waals surface area (Å²) < 4.78 is 0. The number of carbonyl (C=O) groups excluding carboxylic acids is 1. The van der Waals surface area contributed by atoms with Crippen LogP contribution < -0.4 is 5.11 Å². The molecule has 0 amide bonds. The van der Waals surface area contributed by atoms with Crippen molar-refractivity contribution in [3.63, 3.8) is 0 Å². The minimum absolute atomic E-state index is 0.214. The molecule has 0 aromatic heterocycles. The topological polar surface area (TPSA) is 40.1 Å². The Hall–Kier alpha value is -0.790. The summed E-state index contributed by atoms with van der Waals surface area (Å²) in [5, 5.41) is 10.2. The highest BCUT2D eigenvalue weighted by Crippen LogP contribution is 2.09. The van der Waals surface area contributed by atoms with E-state index in [0.29, 0.717) is 12.3 Å². The molecule has 2 heteroatoms. The number of carbonyl (C=O) groups is 1. The van der Waals surface area contributed by atoms with Crippen molar-refractivity contribution in [3.8, 4) is 0 Å². The summed E-state index contributed by atoms with van der Waals surface area (Å²) in [6.07, 6.45) is 2.50. The minimum Gasteiger partial charge on any atom is -0.545 e. The molecule has 11 heavy (non-hydrogen) atoms. The SMILES string of the molecule is C=C(CCCC(C)C)C(=O)[O-]. The van der Waals surface area contributed by atoms with Crippen LogP contribution in [0.2, 0.25) is 0 Å². The molecular formula is C9H15O2-. The van der Waals surface area contributed by atoms with Gasteiger partial charge in [-0.15, -0.1) is 0 Å². The highest BCUT2D eigenvalue weighted by molar-refractivity contribution is 5.83. The summed E-state index contributed by atoms with van der Waals surface area (Å²) in [5.74, 6) is -0.488. The van der Waals surface area contributed by atoms with Crippen molar-refractivity contribution in [2.45, 2.75) is 33.1 Å². The second-order valence-electron chi connectivity index (χ2n) is 3.18. The smallest absolute Gasteiger partial charge is 0.0668 e. The Bertz CT molecular complexity index is 148. The normalized spacial score (nSPS) is 10.1. The molecule has 0 saturated heterocycles. The van der Waals surface area contributed by atoms with Crippen LogP contribution in [0.5, 0.6) is 0 Å². The van der Waals surface area contributed by atoms with Crippen LogP contribution in [0.4, 0.5) is 0 Å². The maximum Gasteiger partial charge on any atom is 0.0668 e. The average Bonchev–Trinajstić information content (AvgIpc) is 1.86. The van der Waals surface area contributed by atoms with Gasteiger partial charge in [0.15, 0.2) is 0 Å². The molecule has 0 saturated carbocycles. The van der Waals surface area contributed by atoms with Crippen molar-refractivity contribution >= 4 is 5.97 Å². The summed E-state index contributed by atoms with van der Waals surface area (Å²) in [4.78, 5) is 10.2. The first-order valence-corrected chi connectivity index (χ1v) is 3.93. The van der Waals surface area contributed by atoms with Crippen LogP contribution in [0.15, 0.2) is 12.2 Å². The fourth-order valence-electron chi connectivity index (χ4n) is 0.826. The van der Waals surface area contributed by atoms with E-state index in [2.05, 4.69) is 20.4 Å². The van der Waals surface area contributed by atoms with E-state index >= 15 is 0 Å². The lowest BCUT2D eigenvalue weighted by Crippen LogP contribution is -2.23. The molecule has 2 nitrogen and oxygen atoms in total. The van der Waals surface area contributed by atoms with E-state index in [1.807, 2.05) is 0 Å². The molecule has 0 atom stereocenters. The molecular weight excluding hydrogens is 140 g/mol. The Labute approximate surface area is 67.9 Å². The lowest BCUT2D eigenvalue weighted by atomic mass is 10.0. The summed E-state index contributed by atoms with van der Waals surface area (Å²) in [5.41, 5.74) is 0.214. The number of aliphatic carboxylic acids is 1. The third kappa shape index (κ3) is 5.64. The monoisotopic (exact) mass is 155 g/mol. The van der Waals surface area contributed by atoms with Gasteiger partial charge in [0, 0.05) is 0 Å². The molecule has 0 heterocycles. The van der Waals surface area contributed by atoms with Crippen molar-refractivity contribution in [3.05, 3.63) is 12.2 Å². The van der Waals surface area contributed by atoms with Gasteiger partial charge in [-0.3, -0.25) is 0 Å². The zero-order valence-electron chi connectivity index (χ0n) is 7.22. The number of hydrogen-bond acceptors (Lipinski definition) is 2. The van der Waals surface area contributed by atoms with Gasteiger partial charge in [0.1, 0.15) is 0 Å². The van der Waals surface area contributed by atoms with Crippen LogP contribution in [0.25, 0.3) is 0 Å². The van der Waals surface area contributed by atoms with E-state index in [1.165, 1.54) is 0 Å². The summed E-state index contributed by atoms with van der Waals surface area (Å²) >= 11 is 0. The molecule has 0 aliphatic rings. The highest BCUT2D eigenvalue weighted by Gasteiger charge is 1.97. The Balaban J connectivity index is 3.40. The van der Waals surface area contributed by atoms with Crippen molar-refractivity contribution in [1.29, 1.82) is 0 Å². The zero-order valence-corrected chi connectivity index (χ0v) is 7.22. The first kappa shape index (κ1) is 10.2. The maximum atomic E-state index is 10.2. The van der Waals surface area contributed by atoms with Crippen LogP contribution in [0.3, 0.4) is 0 Å². The molecule has 0 aliphatic heterocycles. The Kier molecular flexibility index (Phi) is 4.59. The van der Waals surface area contributed by atoms with Gasteiger partial charge >= 0.3 is 0 Å². The van der Waals surface area contributed by atoms with E-state index in [4.69, 9.17) is 0 Å². The van der Waals surface area contributed by atoms with Gasteiger partial charge in [0.05, 0.1) is 5.97 Å². The van der Waals surface area contributed by atoms with Crippen molar-refractivity contribution < 1.29 is 9.90 Å². The first-order chi connectivity index (χ1) is 5.04. The summed E-state index contributed by atoms with van der Waals surface area (Å²) in [6, 6.07) is 0. The van der Waals surface area contributed by atoms with Crippen LogP contribution in [0, 0.1) is 5.92 Å². The lowest BCUT2D eigenvalue weighted by molar-refractivity contribution is -0.299. The minimum atomic E-state index is -1.12. The number of carboxylic acid groups (broad SMARTS) is 1. The molecule has 0 aliphatic carbocycles. The standard InChI is InChI=1S/C9H16O2/c1-7(2)5-4-6-8(3)9(10)11/h7H,3-6H2,1-2H3,(H,10,11)/p-1. The van der Waals surface area contributed by atoms with Crippen LogP contribution in [-0.4, -0.2) is 5.97 Å². The Morgan fingerprint density at radius 3 is 2.45 bits per heavy atom. The molecule has 0 aromatic carbocycles. The second-order valence-corrected chi connectivity index (χ2v) is 3.18. The molecule has 0 fully saturated rings. The highest BCUT2D eigenvalue weighted by atomic mass is 16.4. The maximum absolute atomic E-state index is 10.2. The number of rotatable bonds is 5. The van der Waals surface area contributed by atoms with Crippen LogP contribution in [-0.2, 0) is 4.79 Å². The Morgan fingerprint density at radius 2 is 2.09 bits per heavy atom. The van der Waals surface area contributed by atoms with Gasteiger partial charge in [-0.2, -0.15) is 0 Å². The first-order valence-electron chi connectivity index (χ1n) is 3.93. The van der Waals surface area contributed by atoms with Gasteiger partial charge in [0.25, 0.3) is 0 Å². The fourth-order valence-corrected chi connectivity index (χ4v) is 0.826. The Morgan fingerprint density at radius 1 is 1.55 bits per heavy atom. The van der Waals surface area contributed by atoms with Crippen molar-refractivity contribution in [2.24, 2.45) is 5.92 Å². The van der Waals surface area contributed by atoms with Crippen LogP contribution >= 0.6 is 0 Å². The summed E-state index contributed by atoms with van der Waals surface area (Å²) in [6.45, 7) is 7.61. The fraction of sp³-hybridized carbons (Fsp3) is 0.667. The molecule has 0 unspecified atom stereocenters. The molecule has 0 radical (unpaired) electrons. The molecule has 0 spiro atoms. The van der Waals surface area contributed by atoms with E-state index in [-0.39, 0.29) is 5.57 Å². The van der Waals surface area contributed by atoms with Crippen molar-refractivity contribution in [1.82, 2.24) is 0 Å². The van der Waals surface area contributed by atoms with Gasteiger partial charge in [-0.25, -0.2) is 0 Å². The molecule has 0 rings (SSSR count). The molecule has 0 N–H and O–H groups in total. The third-order valence-electron chi connectivity index (χ3n) is 1.55. The quantitative estimate of drug-likeness (QED) is 0.558. The lowest BCUT2D eigenvalue weighted by Gasteiger charge is -2.07. The predicted octanol–water partition coefficient (Wildman–Crippen LogP) is 1.12. The van der Waals surface area contributed by atoms with Gasteiger partial charge in [-0.1, -0.05) is 26.8 Å². The van der Waals surface area contributed by atoms with Crippen LogP contribution in [0.1, 0.15) is 33.1 Å². The zero-order chi connectivity index (χ0) is 8.85. The molecule has 0 bridgehead atoms. The third-order valence-corrected chi connectivity index (χ3v) is 1.55. The van der Waals surface area contributed by atoms with E-state index in [1.54, 1.807) is 0 Å². The average molecular weight is 155 g/mol. The van der Waals surface area contributed by atoms with E-state index in [0.717, 1.165) is 12.8 Å².